The van der Waals surface area contributed by atoms with Crippen LogP contribution in [-0.4, -0.2) is 22.1 Å². The molecule has 1 fully saturated rings. The lowest BCUT2D eigenvalue weighted by atomic mass is 9.92. The van der Waals surface area contributed by atoms with E-state index in [9.17, 15) is 5.26 Å². The molecule has 3 aromatic rings. The Bertz CT molecular complexity index is 1060. The molecule has 0 amide bonds. The molecule has 4 rings (SSSR count). The molecule has 2 N–H and O–H groups in total. The van der Waals surface area contributed by atoms with Crippen LogP contribution >= 0.6 is 11.9 Å². The van der Waals surface area contributed by atoms with E-state index in [0.29, 0.717) is 12.6 Å². The van der Waals surface area contributed by atoms with Crippen molar-refractivity contribution in [2.75, 3.05) is 13.2 Å². The van der Waals surface area contributed by atoms with Crippen molar-refractivity contribution in [1.82, 2.24) is 8.98 Å². The number of fused-ring (bicyclic) bond motifs is 1. The summed E-state index contributed by atoms with van der Waals surface area (Å²) < 4.78 is 9.88. The summed E-state index contributed by atoms with van der Waals surface area (Å²) in [4.78, 5) is 1.10. The van der Waals surface area contributed by atoms with Crippen molar-refractivity contribution in [3.63, 3.8) is 0 Å². The Kier molecular flexibility index (Phi) is 6.33. The third-order valence-corrected chi connectivity index (χ3v) is 6.53. The van der Waals surface area contributed by atoms with E-state index in [1.165, 1.54) is 6.42 Å². The zero-order valence-electron chi connectivity index (χ0n) is 17.6. The number of nitriles is 1. The number of hydrogen-bond donors (Lipinski definition) is 1. The summed E-state index contributed by atoms with van der Waals surface area (Å²) in [6.45, 7) is 5.57. The number of nitrogens with zero attached hydrogens (tertiary/aromatic N) is 3. The van der Waals surface area contributed by atoms with Crippen LogP contribution in [0.3, 0.4) is 0 Å². The molecule has 6 heteroatoms. The van der Waals surface area contributed by atoms with Crippen molar-refractivity contribution < 1.29 is 4.74 Å². The monoisotopic (exact) mass is 420 g/mol. The van der Waals surface area contributed by atoms with Gasteiger partial charge in [0.2, 0.25) is 0 Å². The second-order valence-electron chi connectivity index (χ2n) is 7.66. The maximum atomic E-state index is 10.0. The lowest BCUT2D eigenvalue weighted by Crippen LogP contribution is -2.23. The lowest BCUT2D eigenvalue weighted by molar-refractivity contribution is 0.322. The Morgan fingerprint density at radius 2 is 1.97 bits per heavy atom. The van der Waals surface area contributed by atoms with E-state index in [1.54, 1.807) is 16.4 Å². The zero-order chi connectivity index (χ0) is 21.1. The van der Waals surface area contributed by atoms with Gasteiger partial charge in [-0.15, -0.1) is 0 Å². The molecule has 0 spiro atoms. The molecule has 1 heterocycles. The Morgan fingerprint density at radius 3 is 2.57 bits per heavy atom. The predicted octanol–water partition coefficient (Wildman–Crippen LogP) is 5.90. The highest BCUT2D eigenvalue weighted by atomic mass is 32.2. The molecular formula is C24H28N4OS. The average molecular weight is 421 g/mol. The van der Waals surface area contributed by atoms with Crippen LogP contribution in [0.5, 0.6) is 5.75 Å². The van der Waals surface area contributed by atoms with Crippen molar-refractivity contribution in [1.29, 1.82) is 5.26 Å². The van der Waals surface area contributed by atoms with Gasteiger partial charge in [0.15, 0.2) is 0 Å². The SMILES string of the molecule is CCCN(N)Sc1ccc(-c2c(C#N)c3ccc(OCC)cc3n2C2CCC2)cc1. The number of rotatable bonds is 8. The fraction of sp³-hybridized carbons (Fsp3) is 0.375. The highest BCUT2D eigenvalue weighted by Crippen LogP contribution is 2.43. The molecule has 1 saturated carbocycles. The van der Waals surface area contributed by atoms with Crippen molar-refractivity contribution in [3.05, 3.63) is 48.0 Å². The standard InChI is InChI=1S/C24H28N4OS/c1-3-14-27(26)30-20-11-8-17(9-12-20)24-22(16-25)21-13-10-19(29-4-2)15-23(21)28(24)18-6-5-7-18/h8-13,15,18H,3-7,14,26H2,1-2H3. The Balaban J connectivity index is 1.80. The minimum atomic E-state index is 0.430. The fourth-order valence-corrected chi connectivity index (χ4v) is 4.85. The quantitative estimate of drug-likeness (QED) is 0.279. The molecule has 1 aromatic heterocycles. The second-order valence-corrected chi connectivity index (χ2v) is 8.78. The van der Waals surface area contributed by atoms with Crippen molar-refractivity contribution >= 4 is 22.9 Å². The minimum absolute atomic E-state index is 0.430. The first-order valence-electron chi connectivity index (χ1n) is 10.7. The average Bonchev–Trinajstić information content (AvgIpc) is 3.01. The Hall–Kier alpha value is -2.46. The van der Waals surface area contributed by atoms with Crippen molar-refractivity contribution in [3.8, 4) is 23.1 Å². The summed E-state index contributed by atoms with van der Waals surface area (Å²) in [5.74, 6) is 6.88. The number of hydrazine groups is 1. The molecule has 1 aliphatic rings. The highest BCUT2D eigenvalue weighted by molar-refractivity contribution is 7.97. The van der Waals surface area contributed by atoms with E-state index in [2.05, 4.69) is 47.9 Å². The summed E-state index contributed by atoms with van der Waals surface area (Å²) in [6.07, 6.45) is 4.54. The molecule has 0 atom stereocenters. The zero-order valence-corrected chi connectivity index (χ0v) is 18.4. The van der Waals surface area contributed by atoms with Crippen molar-refractivity contribution in [2.24, 2.45) is 5.84 Å². The van der Waals surface area contributed by atoms with Gasteiger partial charge >= 0.3 is 0 Å². The highest BCUT2D eigenvalue weighted by Gasteiger charge is 2.28. The number of nitrogens with two attached hydrogens (primary N) is 1. The molecule has 2 aromatic carbocycles. The molecule has 30 heavy (non-hydrogen) atoms. The van der Waals surface area contributed by atoms with Crippen LogP contribution in [0.15, 0.2) is 47.4 Å². The van der Waals surface area contributed by atoms with Crippen LogP contribution in [0.1, 0.15) is 51.1 Å². The molecule has 1 aliphatic carbocycles. The summed E-state index contributed by atoms with van der Waals surface area (Å²) in [7, 11) is 0. The van der Waals surface area contributed by atoms with Crippen LogP contribution in [-0.2, 0) is 0 Å². The van der Waals surface area contributed by atoms with E-state index < -0.39 is 0 Å². The van der Waals surface area contributed by atoms with Gasteiger partial charge in [-0.25, -0.2) is 0 Å². The minimum Gasteiger partial charge on any atom is -0.494 e. The molecule has 0 bridgehead atoms. The van der Waals surface area contributed by atoms with E-state index >= 15 is 0 Å². The fourth-order valence-electron chi connectivity index (χ4n) is 4.04. The maximum absolute atomic E-state index is 10.0. The molecule has 5 nitrogen and oxygen atoms in total. The molecule has 156 valence electrons. The van der Waals surface area contributed by atoms with Gasteiger partial charge < -0.3 is 9.30 Å². The van der Waals surface area contributed by atoms with Crippen LogP contribution in [0, 0.1) is 11.3 Å². The van der Waals surface area contributed by atoms with Gasteiger partial charge in [0.1, 0.15) is 11.8 Å². The van der Waals surface area contributed by atoms with E-state index in [1.807, 2.05) is 19.1 Å². The Morgan fingerprint density at radius 1 is 1.20 bits per heavy atom. The first kappa shape index (κ1) is 20.8. The van der Waals surface area contributed by atoms with Gasteiger partial charge in [-0.05, 0) is 74.4 Å². The van der Waals surface area contributed by atoms with Crippen LogP contribution in [0.25, 0.3) is 22.2 Å². The number of benzene rings is 2. The number of ether oxygens (including phenoxy) is 1. The smallest absolute Gasteiger partial charge is 0.121 e. The lowest BCUT2D eigenvalue weighted by Gasteiger charge is -2.30. The van der Waals surface area contributed by atoms with Gasteiger partial charge in [0, 0.05) is 28.9 Å². The third kappa shape index (κ3) is 3.93. The van der Waals surface area contributed by atoms with E-state index in [0.717, 1.165) is 64.2 Å². The topological polar surface area (TPSA) is 67.2 Å². The van der Waals surface area contributed by atoms with Gasteiger partial charge in [-0.1, -0.05) is 19.1 Å². The molecular weight excluding hydrogens is 392 g/mol. The van der Waals surface area contributed by atoms with Gasteiger partial charge in [0.25, 0.3) is 0 Å². The van der Waals surface area contributed by atoms with Gasteiger partial charge in [0.05, 0.1) is 23.4 Å². The first-order chi connectivity index (χ1) is 14.7. The molecule has 0 unspecified atom stereocenters. The summed E-state index contributed by atoms with van der Waals surface area (Å²) in [5, 5.41) is 11.0. The normalized spacial score (nSPS) is 14.1. The number of aromatic nitrogens is 1. The summed E-state index contributed by atoms with van der Waals surface area (Å²) in [6, 6.07) is 17.4. The predicted molar refractivity (Wildman–Crippen MR) is 123 cm³/mol. The van der Waals surface area contributed by atoms with Crippen LogP contribution in [0.2, 0.25) is 0 Å². The molecule has 0 radical (unpaired) electrons. The van der Waals surface area contributed by atoms with Crippen LogP contribution < -0.4 is 10.6 Å². The largest absolute Gasteiger partial charge is 0.494 e. The molecule has 0 saturated heterocycles. The van der Waals surface area contributed by atoms with Crippen molar-refractivity contribution in [2.45, 2.75) is 50.5 Å². The van der Waals surface area contributed by atoms with Gasteiger partial charge in [-0.3, -0.25) is 5.84 Å². The molecule has 0 aliphatic heterocycles. The third-order valence-electron chi connectivity index (χ3n) is 5.63. The maximum Gasteiger partial charge on any atom is 0.121 e. The first-order valence-corrected chi connectivity index (χ1v) is 11.4. The van der Waals surface area contributed by atoms with E-state index in [-0.39, 0.29) is 0 Å². The summed E-state index contributed by atoms with van der Waals surface area (Å²) in [5.41, 5.74) is 3.91. The Labute approximate surface area is 182 Å². The van der Waals surface area contributed by atoms with Crippen LogP contribution in [0.4, 0.5) is 0 Å². The second kappa shape index (κ2) is 9.13. The van der Waals surface area contributed by atoms with Gasteiger partial charge in [-0.2, -0.15) is 9.68 Å². The summed E-state index contributed by atoms with van der Waals surface area (Å²) >= 11 is 1.54. The number of hydrogen-bond acceptors (Lipinski definition) is 5. The van der Waals surface area contributed by atoms with E-state index in [4.69, 9.17) is 10.6 Å².